The van der Waals surface area contributed by atoms with Crippen LogP contribution in [0.15, 0.2) is 24.3 Å². The fourth-order valence-corrected chi connectivity index (χ4v) is 2.03. The van der Waals surface area contributed by atoms with Crippen LogP contribution in [0.25, 0.3) is 0 Å². The van der Waals surface area contributed by atoms with Crippen LogP contribution in [0.2, 0.25) is 5.02 Å². The number of aliphatic carboxylic acids is 1. The summed E-state index contributed by atoms with van der Waals surface area (Å²) in [6.07, 6.45) is 0. The summed E-state index contributed by atoms with van der Waals surface area (Å²) in [5, 5.41) is 11.8. The van der Waals surface area contributed by atoms with E-state index in [4.69, 9.17) is 22.4 Å². The van der Waals surface area contributed by atoms with Gasteiger partial charge in [0.2, 0.25) is 5.91 Å². The summed E-state index contributed by atoms with van der Waals surface area (Å²) in [6.45, 7) is 0.597. The molecule has 8 heteroatoms. The molecule has 0 spiro atoms. The highest BCUT2D eigenvalue weighted by Crippen LogP contribution is 2.22. The second-order valence-electron chi connectivity index (χ2n) is 4.41. The van der Waals surface area contributed by atoms with Crippen molar-refractivity contribution in [2.75, 3.05) is 13.1 Å². The van der Waals surface area contributed by atoms with Crippen LogP contribution in [-0.2, 0) is 9.59 Å². The summed E-state index contributed by atoms with van der Waals surface area (Å²) < 4.78 is 0. The average molecular weight is 314 g/mol. The first-order valence-electron chi connectivity index (χ1n) is 6.11. The number of halogens is 1. The van der Waals surface area contributed by atoms with E-state index in [0.29, 0.717) is 10.6 Å². The third-order valence-corrected chi connectivity index (χ3v) is 3.02. The number of rotatable bonds is 6. The van der Waals surface area contributed by atoms with Gasteiger partial charge in [-0.1, -0.05) is 29.8 Å². The van der Waals surface area contributed by atoms with Gasteiger partial charge in [0.15, 0.2) is 0 Å². The van der Waals surface area contributed by atoms with Crippen LogP contribution in [0.3, 0.4) is 0 Å². The van der Waals surface area contributed by atoms with Crippen molar-refractivity contribution in [3.05, 3.63) is 34.9 Å². The van der Waals surface area contributed by atoms with Crippen molar-refractivity contribution in [1.82, 2.24) is 10.2 Å². The maximum atomic E-state index is 12.0. The lowest BCUT2D eigenvalue weighted by Gasteiger charge is -2.23. The third-order valence-electron chi connectivity index (χ3n) is 2.67. The minimum atomic E-state index is -1.24. The molecule has 21 heavy (non-hydrogen) atoms. The number of nitrogens with one attached hydrogen (secondary N) is 1. The molecule has 0 saturated carbocycles. The van der Waals surface area contributed by atoms with Crippen LogP contribution in [0, 0.1) is 0 Å². The first-order valence-corrected chi connectivity index (χ1v) is 6.49. The van der Waals surface area contributed by atoms with Gasteiger partial charge in [0.25, 0.3) is 0 Å². The van der Waals surface area contributed by atoms with E-state index in [-0.39, 0.29) is 0 Å². The summed E-state index contributed by atoms with van der Waals surface area (Å²) in [6, 6.07) is 5.78. The zero-order valence-electron chi connectivity index (χ0n) is 11.4. The Bertz CT molecular complexity index is 534. The number of carbonyl (C=O) groups is 3. The van der Waals surface area contributed by atoms with Crippen LogP contribution < -0.4 is 11.1 Å². The quantitative estimate of drug-likeness (QED) is 0.726. The van der Waals surface area contributed by atoms with Gasteiger partial charge in [-0.3, -0.25) is 9.59 Å². The second kappa shape index (κ2) is 7.49. The first-order chi connectivity index (χ1) is 9.81. The SMILES string of the molecule is CC(NC(=O)N(CC(N)=O)CC(=O)O)c1ccccc1Cl. The molecule has 0 saturated heterocycles. The maximum Gasteiger partial charge on any atom is 0.323 e. The molecule has 1 atom stereocenters. The van der Waals surface area contributed by atoms with E-state index >= 15 is 0 Å². The highest BCUT2D eigenvalue weighted by molar-refractivity contribution is 6.31. The van der Waals surface area contributed by atoms with Gasteiger partial charge in [-0.05, 0) is 18.6 Å². The Morgan fingerprint density at radius 1 is 1.33 bits per heavy atom. The molecule has 0 aliphatic rings. The number of hydrogen-bond acceptors (Lipinski definition) is 3. The fourth-order valence-electron chi connectivity index (χ4n) is 1.73. The second-order valence-corrected chi connectivity index (χ2v) is 4.82. The molecule has 1 aromatic carbocycles. The van der Waals surface area contributed by atoms with E-state index in [1.807, 2.05) is 0 Å². The number of carbonyl (C=O) groups excluding carboxylic acids is 2. The molecule has 1 rings (SSSR count). The first kappa shape index (κ1) is 16.8. The van der Waals surface area contributed by atoms with Crippen LogP contribution in [0.5, 0.6) is 0 Å². The minimum absolute atomic E-state index is 0.449. The van der Waals surface area contributed by atoms with Gasteiger partial charge in [0.05, 0.1) is 6.04 Å². The topological polar surface area (TPSA) is 113 Å². The Labute approximate surface area is 126 Å². The molecule has 0 fully saturated rings. The number of carboxylic acid groups (broad SMARTS) is 1. The Balaban J connectivity index is 2.78. The Kier molecular flexibility index (Phi) is 5.98. The molecule has 0 radical (unpaired) electrons. The lowest BCUT2D eigenvalue weighted by Crippen LogP contribution is -2.47. The smallest absolute Gasteiger partial charge is 0.323 e. The van der Waals surface area contributed by atoms with Crippen molar-refractivity contribution in [1.29, 1.82) is 0 Å². The molecule has 0 aliphatic heterocycles. The molecule has 0 aromatic heterocycles. The Hall–Kier alpha value is -2.28. The van der Waals surface area contributed by atoms with E-state index in [1.165, 1.54) is 0 Å². The number of carboxylic acids is 1. The van der Waals surface area contributed by atoms with Crippen molar-refractivity contribution in [2.45, 2.75) is 13.0 Å². The average Bonchev–Trinajstić information content (AvgIpc) is 2.37. The van der Waals surface area contributed by atoms with Crippen molar-refractivity contribution >= 4 is 29.5 Å². The van der Waals surface area contributed by atoms with Crippen LogP contribution in [0.1, 0.15) is 18.5 Å². The predicted molar refractivity (Wildman–Crippen MR) is 76.8 cm³/mol. The fraction of sp³-hybridized carbons (Fsp3) is 0.308. The van der Waals surface area contributed by atoms with Gasteiger partial charge in [-0.2, -0.15) is 0 Å². The van der Waals surface area contributed by atoms with Gasteiger partial charge >= 0.3 is 12.0 Å². The maximum absolute atomic E-state index is 12.0. The largest absolute Gasteiger partial charge is 0.480 e. The van der Waals surface area contributed by atoms with Crippen molar-refractivity contribution in [2.24, 2.45) is 5.73 Å². The number of urea groups is 1. The number of nitrogens with zero attached hydrogens (tertiary/aromatic N) is 1. The summed E-state index contributed by atoms with van der Waals surface area (Å²) in [5.41, 5.74) is 5.68. The molecule has 114 valence electrons. The van der Waals surface area contributed by atoms with Crippen LogP contribution >= 0.6 is 11.6 Å². The molecule has 0 heterocycles. The Morgan fingerprint density at radius 3 is 2.48 bits per heavy atom. The van der Waals surface area contributed by atoms with Gasteiger partial charge in [-0.15, -0.1) is 0 Å². The molecule has 1 aromatic rings. The van der Waals surface area contributed by atoms with Crippen LogP contribution in [0.4, 0.5) is 4.79 Å². The molecular formula is C13H16ClN3O4. The molecule has 3 amide bonds. The summed E-state index contributed by atoms with van der Waals surface area (Å²) in [5.74, 6) is -2.03. The number of primary amides is 1. The zero-order valence-corrected chi connectivity index (χ0v) is 12.1. The van der Waals surface area contributed by atoms with Crippen LogP contribution in [-0.4, -0.2) is 41.0 Å². The third kappa shape index (κ3) is 5.31. The van der Waals surface area contributed by atoms with Gasteiger partial charge in [0, 0.05) is 5.02 Å². The standard InChI is InChI=1S/C13H16ClN3O4/c1-8(9-4-2-3-5-10(9)14)16-13(21)17(6-11(15)18)7-12(19)20/h2-5,8H,6-7H2,1H3,(H2,15,18)(H,16,21)(H,19,20). The summed E-state index contributed by atoms with van der Waals surface area (Å²) in [4.78, 5) is 34.4. The predicted octanol–water partition coefficient (Wildman–Crippen LogP) is 0.983. The van der Waals surface area contributed by atoms with E-state index in [0.717, 1.165) is 4.90 Å². The van der Waals surface area contributed by atoms with Crippen molar-refractivity contribution in [3.8, 4) is 0 Å². The lowest BCUT2D eigenvalue weighted by atomic mass is 10.1. The lowest BCUT2D eigenvalue weighted by molar-refractivity contribution is -0.137. The molecule has 7 nitrogen and oxygen atoms in total. The highest BCUT2D eigenvalue weighted by atomic mass is 35.5. The van der Waals surface area contributed by atoms with Gasteiger partial charge < -0.3 is 21.1 Å². The molecule has 4 N–H and O–H groups in total. The monoisotopic (exact) mass is 313 g/mol. The molecule has 0 aliphatic carbocycles. The normalized spacial score (nSPS) is 11.5. The zero-order chi connectivity index (χ0) is 16.0. The van der Waals surface area contributed by atoms with Crippen molar-refractivity contribution in [3.63, 3.8) is 0 Å². The molecule has 1 unspecified atom stereocenters. The summed E-state index contributed by atoms with van der Waals surface area (Å²) in [7, 11) is 0. The van der Waals surface area contributed by atoms with E-state index in [1.54, 1.807) is 31.2 Å². The van der Waals surface area contributed by atoms with Gasteiger partial charge in [0.1, 0.15) is 13.1 Å². The highest BCUT2D eigenvalue weighted by Gasteiger charge is 2.21. The van der Waals surface area contributed by atoms with E-state index in [9.17, 15) is 14.4 Å². The number of nitrogens with two attached hydrogens (primary N) is 1. The minimum Gasteiger partial charge on any atom is -0.480 e. The number of benzene rings is 1. The molecular weight excluding hydrogens is 298 g/mol. The summed E-state index contributed by atoms with van der Waals surface area (Å²) >= 11 is 6.02. The Morgan fingerprint density at radius 2 is 1.95 bits per heavy atom. The number of amides is 3. The number of hydrogen-bond donors (Lipinski definition) is 3. The van der Waals surface area contributed by atoms with Crippen molar-refractivity contribution < 1.29 is 19.5 Å². The van der Waals surface area contributed by atoms with E-state index < -0.39 is 37.0 Å². The van der Waals surface area contributed by atoms with E-state index in [2.05, 4.69) is 5.32 Å². The molecule has 0 bridgehead atoms. The van der Waals surface area contributed by atoms with Gasteiger partial charge in [-0.25, -0.2) is 4.79 Å².